The average Bonchev–Trinajstić information content (AvgIpc) is 3.21. The minimum atomic E-state index is -2.80. The van der Waals surface area contributed by atoms with Crippen LogP contribution in [0, 0.1) is 0 Å². The lowest BCUT2D eigenvalue weighted by Gasteiger charge is -2.41. The van der Waals surface area contributed by atoms with Crippen molar-refractivity contribution in [1.29, 1.82) is 0 Å². The normalized spacial score (nSPS) is 12.9. The van der Waals surface area contributed by atoms with Crippen LogP contribution in [-0.2, 0) is 6.42 Å². The zero-order valence-corrected chi connectivity index (χ0v) is 28.8. The van der Waals surface area contributed by atoms with E-state index in [-0.39, 0.29) is 0 Å². The molecule has 0 unspecified atom stereocenters. The molecule has 0 atom stereocenters. The molecule has 0 nitrogen and oxygen atoms in total. The predicted molar refractivity (Wildman–Crippen MR) is 215 cm³/mol. The monoisotopic (exact) mass is 652 g/mol. The molecule has 0 saturated carbocycles. The molecule has 1 aliphatic rings. The minimum Gasteiger partial charge on any atom is -0.0623 e. The van der Waals surface area contributed by atoms with Crippen molar-refractivity contribution < 1.29 is 0 Å². The summed E-state index contributed by atoms with van der Waals surface area (Å²) in [5.74, 6) is 0. The number of hydrogen-bond acceptors (Lipinski definition) is 0. The standard InChI is InChI=1S/C49H36Si/c1-5-17-36(18-6-1)44-25-13-15-27-46(44)38-29-31-40-33-41-32-30-39(47-28-16-14-26-45(47)37-19-7-2-8-20-37)35-49(41)50(48(40)34-38,42-21-9-3-10-22-42)43-23-11-4-12-24-43/h1-32,34-35H,33H2. The van der Waals surface area contributed by atoms with Crippen LogP contribution < -0.4 is 20.7 Å². The summed E-state index contributed by atoms with van der Waals surface area (Å²) in [5, 5.41) is 5.79. The van der Waals surface area contributed by atoms with Crippen molar-refractivity contribution in [2.75, 3.05) is 0 Å². The number of fused-ring (bicyclic) bond motifs is 2. The molecule has 0 aromatic heterocycles. The van der Waals surface area contributed by atoms with E-state index in [1.807, 2.05) is 0 Å². The lowest BCUT2D eigenvalue weighted by Crippen LogP contribution is -2.77. The Kier molecular flexibility index (Phi) is 7.68. The average molecular weight is 653 g/mol. The van der Waals surface area contributed by atoms with Gasteiger partial charge in [0.1, 0.15) is 0 Å². The molecule has 1 heterocycles. The minimum absolute atomic E-state index is 0.917. The molecule has 0 saturated heterocycles. The SMILES string of the molecule is c1ccc(-c2ccccc2-c2ccc3c(c2)[Si](c2ccccc2)(c2ccccc2)c2cc(-c4ccccc4-c4ccccc4)ccc2C3)cc1. The topological polar surface area (TPSA) is 0 Å². The van der Waals surface area contributed by atoms with Gasteiger partial charge >= 0.3 is 0 Å². The molecule has 0 radical (unpaired) electrons. The van der Waals surface area contributed by atoms with Crippen molar-refractivity contribution in [2.24, 2.45) is 0 Å². The Morgan fingerprint density at radius 3 is 0.980 bits per heavy atom. The molecule has 8 aromatic rings. The first-order valence-electron chi connectivity index (χ1n) is 17.5. The zero-order valence-electron chi connectivity index (χ0n) is 27.8. The first-order chi connectivity index (χ1) is 24.8. The Hall–Kier alpha value is -6.02. The van der Waals surface area contributed by atoms with Crippen LogP contribution in [0.3, 0.4) is 0 Å². The predicted octanol–water partition coefficient (Wildman–Crippen LogP) is 9.64. The van der Waals surface area contributed by atoms with E-state index >= 15 is 0 Å². The second-order valence-corrected chi connectivity index (χ2v) is 17.0. The lowest BCUT2D eigenvalue weighted by molar-refractivity contribution is 1.20. The molecule has 0 aliphatic carbocycles. The molecule has 0 N–H and O–H groups in total. The molecule has 0 bridgehead atoms. The van der Waals surface area contributed by atoms with Crippen LogP contribution in [0.25, 0.3) is 44.5 Å². The van der Waals surface area contributed by atoms with Crippen LogP contribution in [0.15, 0.2) is 206 Å². The quantitative estimate of drug-likeness (QED) is 0.157. The fourth-order valence-corrected chi connectivity index (χ4v) is 13.5. The van der Waals surface area contributed by atoms with Gasteiger partial charge in [-0.15, -0.1) is 0 Å². The Labute approximate surface area is 296 Å². The van der Waals surface area contributed by atoms with E-state index in [0.29, 0.717) is 0 Å². The highest BCUT2D eigenvalue weighted by molar-refractivity contribution is 7.20. The third kappa shape index (κ3) is 5.06. The van der Waals surface area contributed by atoms with E-state index in [1.165, 1.54) is 76.4 Å². The van der Waals surface area contributed by atoms with E-state index in [0.717, 1.165) is 6.42 Å². The van der Waals surface area contributed by atoms with Gasteiger partial charge in [0.05, 0.1) is 0 Å². The molecule has 0 fully saturated rings. The van der Waals surface area contributed by atoms with Crippen LogP contribution in [0.4, 0.5) is 0 Å². The van der Waals surface area contributed by atoms with Crippen LogP contribution in [0.1, 0.15) is 11.1 Å². The summed E-state index contributed by atoms with van der Waals surface area (Å²) in [4.78, 5) is 0. The van der Waals surface area contributed by atoms with Crippen LogP contribution in [0.2, 0.25) is 0 Å². The van der Waals surface area contributed by atoms with Crippen molar-refractivity contribution in [1.82, 2.24) is 0 Å². The summed E-state index contributed by atoms with van der Waals surface area (Å²) >= 11 is 0. The highest BCUT2D eigenvalue weighted by Crippen LogP contribution is 2.35. The second-order valence-electron chi connectivity index (χ2n) is 13.2. The Morgan fingerprint density at radius 1 is 0.280 bits per heavy atom. The molecule has 9 rings (SSSR count). The van der Waals surface area contributed by atoms with Gasteiger partial charge in [0, 0.05) is 0 Å². The van der Waals surface area contributed by atoms with E-state index < -0.39 is 8.07 Å². The maximum absolute atomic E-state index is 2.80. The smallest absolute Gasteiger partial charge is 0.0623 e. The van der Waals surface area contributed by atoms with Gasteiger partial charge in [0.25, 0.3) is 0 Å². The van der Waals surface area contributed by atoms with E-state index in [2.05, 4.69) is 206 Å². The fourth-order valence-electron chi connectivity index (χ4n) is 8.22. The van der Waals surface area contributed by atoms with E-state index in [1.54, 1.807) is 0 Å². The Balaban J connectivity index is 1.33. The summed E-state index contributed by atoms with van der Waals surface area (Å²) in [5.41, 5.74) is 12.9. The summed E-state index contributed by atoms with van der Waals surface area (Å²) in [7, 11) is -2.80. The molecule has 236 valence electrons. The largest absolute Gasteiger partial charge is 0.180 e. The summed E-state index contributed by atoms with van der Waals surface area (Å²) in [6.45, 7) is 0. The number of benzene rings is 8. The molecule has 1 aliphatic heterocycles. The van der Waals surface area contributed by atoms with Gasteiger partial charge in [-0.2, -0.15) is 0 Å². The summed E-state index contributed by atoms with van der Waals surface area (Å²) in [6, 6.07) is 76.7. The Bertz CT molecular complexity index is 2260. The third-order valence-electron chi connectivity index (χ3n) is 10.5. The first kappa shape index (κ1) is 30.1. The number of hydrogen-bond donors (Lipinski definition) is 0. The van der Waals surface area contributed by atoms with E-state index in [9.17, 15) is 0 Å². The first-order valence-corrected chi connectivity index (χ1v) is 19.5. The van der Waals surface area contributed by atoms with Gasteiger partial charge in [0.15, 0.2) is 8.07 Å². The Morgan fingerprint density at radius 2 is 0.600 bits per heavy atom. The summed E-state index contributed by atoms with van der Waals surface area (Å²) < 4.78 is 0. The highest BCUT2D eigenvalue weighted by Gasteiger charge is 2.46. The van der Waals surface area contributed by atoms with Crippen LogP contribution in [0.5, 0.6) is 0 Å². The molecule has 8 aromatic carbocycles. The lowest BCUT2D eigenvalue weighted by atomic mass is 9.92. The van der Waals surface area contributed by atoms with Gasteiger partial charge in [-0.1, -0.05) is 206 Å². The van der Waals surface area contributed by atoms with Crippen molar-refractivity contribution in [3.8, 4) is 44.5 Å². The zero-order chi connectivity index (χ0) is 33.3. The maximum Gasteiger partial charge on any atom is 0.180 e. The third-order valence-corrected chi connectivity index (χ3v) is 15.4. The van der Waals surface area contributed by atoms with Gasteiger partial charge in [-0.25, -0.2) is 0 Å². The van der Waals surface area contributed by atoms with Gasteiger partial charge in [-0.3, -0.25) is 0 Å². The summed E-state index contributed by atoms with van der Waals surface area (Å²) in [6.07, 6.45) is 0.917. The van der Waals surface area contributed by atoms with Gasteiger partial charge in [0.2, 0.25) is 0 Å². The molecule has 0 spiro atoms. The molecule has 50 heavy (non-hydrogen) atoms. The van der Waals surface area contributed by atoms with Crippen LogP contribution in [-0.4, -0.2) is 8.07 Å². The molecular weight excluding hydrogens is 617 g/mol. The number of rotatable bonds is 6. The molecule has 0 amide bonds. The van der Waals surface area contributed by atoms with Gasteiger partial charge in [-0.05, 0) is 82.8 Å². The van der Waals surface area contributed by atoms with Crippen molar-refractivity contribution in [3.63, 3.8) is 0 Å². The van der Waals surface area contributed by atoms with Gasteiger partial charge < -0.3 is 0 Å². The van der Waals surface area contributed by atoms with Crippen molar-refractivity contribution in [2.45, 2.75) is 6.42 Å². The van der Waals surface area contributed by atoms with Crippen LogP contribution >= 0.6 is 0 Å². The fraction of sp³-hybridized carbons (Fsp3) is 0.0204. The molecule has 1 heteroatoms. The maximum atomic E-state index is 2.55. The van der Waals surface area contributed by atoms with Crippen molar-refractivity contribution in [3.05, 3.63) is 217 Å². The highest BCUT2D eigenvalue weighted by atomic mass is 28.3. The van der Waals surface area contributed by atoms with E-state index in [4.69, 9.17) is 0 Å². The van der Waals surface area contributed by atoms with Crippen molar-refractivity contribution >= 4 is 28.8 Å². The second kappa shape index (κ2) is 12.8. The molecular formula is C49H36Si.